The summed E-state index contributed by atoms with van der Waals surface area (Å²) in [7, 11) is 0. The fourth-order valence-corrected chi connectivity index (χ4v) is 1.77. The van der Waals surface area contributed by atoms with E-state index in [0.717, 1.165) is 12.1 Å². The second-order valence-electron chi connectivity index (χ2n) is 3.71. The molecule has 1 aromatic heterocycles. The molecular weight excluding hydrogens is 180 g/mol. The zero-order chi connectivity index (χ0) is 9.97. The quantitative estimate of drug-likeness (QED) is 0.766. The van der Waals surface area contributed by atoms with Crippen molar-refractivity contribution in [1.82, 2.24) is 4.90 Å². The van der Waals surface area contributed by atoms with Gasteiger partial charge in [0.15, 0.2) is 0 Å². The van der Waals surface area contributed by atoms with Crippen molar-refractivity contribution in [2.75, 3.05) is 13.1 Å². The van der Waals surface area contributed by atoms with Crippen LogP contribution in [0.3, 0.4) is 0 Å². The molecule has 1 atom stereocenters. The second-order valence-corrected chi connectivity index (χ2v) is 3.71. The largest absolute Gasteiger partial charge is 0.472 e. The number of likely N-dealkylation sites (tertiary alicyclic amines) is 1. The smallest absolute Gasteiger partial charge is 0.223 e. The van der Waals surface area contributed by atoms with Crippen molar-refractivity contribution >= 4 is 5.91 Å². The van der Waals surface area contributed by atoms with E-state index in [-0.39, 0.29) is 5.91 Å². The molecule has 0 radical (unpaired) electrons. The average Bonchev–Trinajstić information content (AvgIpc) is 2.78. The molecule has 0 aliphatic carbocycles. The molecule has 1 fully saturated rings. The van der Waals surface area contributed by atoms with Crippen LogP contribution in [-0.4, -0.2) is 23.9 Å². The Morgan fingerprint density at radius 1 is 1.64 bits per heavy atom. The average molecular weight is 194 g/mol. The molecule has 1 amide bonds. The van der Waals surface area contributed by atoms with E-state index in [2.05, 4.69) is 0 Å². The van der Waals surface area contributed by atoms with E-state index in [0.29, 0.717) is 25.4 Å². The molecule has 2 heterocycles. The van der Waals surface area contributed by atoms with Gasteiger partial charge in [-0.25, -0.2) is 0 Å². The molecule has 4 nitrogen and oxygen atoms in total. The number of amides is 1. The number of carbonyl (C=O) groups is 1. The van der Waals surface area contributed by atoms with Crippen molar-refractivity contribution in [3.63, 3.8) is 0 Å². The van der Waals surface area contributed by atoms with Crippen molar-refractivity contribution < 1.29 is 9.21 Å². The predicted octanol–water partition coefficient (Wildman–Crippen LogP) is 0.587. The maximum absolute atomic E-state index is 11.5. The lowest BCUT2D eigenvalue weighted by atomic mass is 10.1. The molecule has 1 aromatic rings. The molecule has 1 saturated heterocycles. The summed E-state index contributed by atoms with van der Waals surface area (Å²) in [4.78, 5) is 13.3. The Labute approximate surface area is 82.7 Å². The van der Waals surface area contributed by atoms with Crippen molar-refractivity contribution in [3.05, 3.63) is 24.2 Å². The molecule has 1 aliphatic rings. The number of rotatable bonds is 3. The number of hydrogen-bond donors (Lipinski definition) is 1. The van der Waals surface area contributed by atoms with E-state index in [1.165, 1.54) is 0 Å². The molecule has 1 unspecified atom stereocenters. The molecule has 4 heteroatoms. The van der Waals surface area contributed by atoms with Gasteiger partial charge in [-0.3, -0.25) is 4.79 Å². The first-order valence-electron chi connectivity index (χ1n) is 4.78. The highest BCUT2D eigenvalue weighted by Gasteiger charge is 2.28. The van der Waals surface area contributed by atoms with Crippen LogP contribution in [-0.2, 0) is 11.3 Å². The van der Waals surface area contributed by atoms with Crippen LogP contribution in [0, 0.1) is 5.92 Å². The zero-order valence-corrected chi connectivity index (χ0v) is 7.98. The van der Waals surface area contributed by atoms with Gasteiger partial charge in [-0.05, 0) is 18.5 Å². The number of carbonyl (C=O) groups excluding carboxylic acids is 1. The van der Waals surface area contributed by atoms with Crippen LogP contribution in [0.5, 0.6) is 0 Å². The number of hydrogen-bond acceptors (Lipinski definition) is 3. The first-order valence-corrected chi connectivity index (χ1v) is 4.78. The lowest BCUT2D eigenvalue weighted by Crippen LogP contribution is -2.25. The van der Waals surface area contributed by atoms with Gasteiger partial charge in [-0.2, -0.15) is 0 Å². The van der Waals surface area contributed by atoms with Gasteiger partial charge >= 0.3 is 0 Å². The Morgan fingerprint density at radius 3 is 3.07 bits per heavy atom. The van der Waals surface area contributed by atoms with Gasteiger partial charge in [0.1, 0.15) is 0 Å². The van der Waals surface area contributed by atoms with Gasteiger partial charge in [0.25, 0.3) is 0 Å². The van der Waals surface area contributed by atoms with Crippen LogP contribution in [0.15, 0.2) is 23.0 Å². The minimum Gasteiger partial charge on any atom is -0.472 e. The molecule has 1 aliphatic heterocycles. The van der Waals surface area contributed by atoms with Crippen LogP contribution in [0.1, 0.15) is 12.0 Å². The van der Waals surface area contributed by atoms with E-state index < -0.39 is 0 Å². The monoisotopic (exact) mass is 194 g/mol. The summed E-state index contributed by atoms with van der Waals surface area (Å²) in [5.74, 6) is 0.524. The SMILES string of the molecule is NCC1CC(=O)N(Cc2ccoc2)C1. The minimum absolute atomic E-state index is 0.196. The van der Waals surface area contributed by atoms with E-state index >= 15 is 0 Å². The third-order valence-electron chi connectivity index (χ3n) is 2.58. The molecule has 0 bridgehead atoms. The van der Waals surface area contributed by atoms with E-state index in [9.17, 15) is 4.79 Å². The van der Waals surface area contributed by atoms with Crippen molar-refractivity contribution in [3.8, 4) is 0 Å². The maximum atomic E-state index is 11.5. The first-order chi connectivity index (χ1) is 6.79. The topological polar surface area (TPSA) is 59.5 Å². The Morgan fingerprint density at radius 2 is 2.50 bits per heavy atom. The Kier molecular flexibility index (Phi) is 2.54. The van der Waals surface area contributed by atoms with E-state index in [4.69, 9.17) is 10.2 Å². The number of nitrogens with zero attached hydrogens (tertiary/aromatic N) is 1. The Hall–Kier alpha value is -1.29. The molecule has 2 N–H and O–H groups in total. The standard InChI is InChI=1S/C10H14N2O2/c11-4-9-3-10(13)12(6-9)5-8-1-2-14-7-8/h1-2,7,9H,3-6,11H2. The third-order valence-corrected chi connectivity index (χ3v) is 2.58. The van der Waals surface area contributed by atoms with Gasteiger partial charge in [0.2, 0.25) is 5.91 Å². The van der Waals surface area contributed by atoms with Crippen LogP contribution in [0.25, 0.3) is 0 Å². The number of furan rings is 1. The normalized spacial score (nSPS) is 21.9. The van der Waals surface area contributed by atoms with Gasteiger partial charge < -0.3 is 15.1 Å². The molecule has 0 saturated carbocycles. The first kappa shape index (κ1) is 9.27. The summed E-state index contributed by atoms with van der Waals surface area (Å²) in [5.41, 5.74) is 6.57. The molecular formula is C10H14N2O2. The highest BCUT2D eigenvalue weighted by atomic mass is 16.3. The van der Waals surface area contributed by atoms with Gasteiger partial charge in [-0.1, -0.05) is 0 Å². The summed E-state index contributed by atoms with van der Waals surface area (Å²) < 4.78 is 4.95. The maximum Gasteiger partial charge on any atom is 0.223 e. The summed E-state index contributed by atoms with van der Waals surface area (Å²) in [6.07, 6.45) is 3.88. The summed E-state index contributed by atoms with van der Waals surface area (Å²) in [6.45, 7) is 2.01. The molecule has 0 spiro atoms. The Balaban J connectivity index is 1.96. The van der Waals surface area contributed by atoms with E-state index in [1.54, 1.807) is 12.5 Å². The molecule has 76 valence electrons. The molecule has 0 aromatic carbocycles. The van der Waals surface area contributed by atoms with Crippen LogP contribution in [0.2, 0.25) is 0 Å². The highest BCUT2D eigenvalue weighted by Crippen LogP contribution is 2.19. The molecule has 2 rings (SSSR count). The minimum atomic E-state index is 0.196. The Bertz CT molecular complexity index is 308. The fourth-order valence-electron chi connectivity index (χ4n) is 1.77. The van der Waals surface area contributed by atoms with Gasteiger partial charge in [-0.15, -0.1) is 0 Å². The molecule has 14 heavy (non-hydrogen) atoms. The summed E-state index contributed by atoms with van der Waals surface area (Å²) in [6, 6.07) is 1.88. The lowest BCUT2D eigenvalue weighted by Gasteiger charge is -2.14. The summed E-state index contributed by atoms with van der Waals surface area (Å²) in [5, 5.41) is 0. The lowest BCUT2D eigenvalue weighted by molar-refractivity contribution is -0.128. The van der Waals surface area contributed by atoms with E-state index in [1.807, 2.05) is 11.0 Å². The summed E-state index contributed by atoms with van der Waals surface area (Å²) >= 11 is 0. The van der Waals surface area contributed by atoms with Crippen LogP contribution >= 0.6 is 0 Å². The fraction of sp³-hybridized carbons (Fsp3) is 0.500. The van der Waals surface area contributed by atoms with Crippen molar-refractivity contribution in [2.45, 2.75) is 13.0 Å². The predicted molar refractivity (Wildman–Crippen MR) is 51.3 cm³/mol. The van der Waals surface area contributed by atoms with Crippen molar-refractivity contribution in [1.29, 1.82) is 0 Å². The zero-order valence-electron chi connectivity index (χ0n) is 7.98. The third kappa shape index (κ3) is 1.80. The van der Waals surface area contributed by atoms with Crippen LogP contribution in [0.4, 0.5) is 0 Å². The highest BCUT2D eigenvalue weighted by molar-refractivity contribution is 5.78. The second kappa shape index (κ2) is 3.84. The van der Waals surface area contributed by atoms with Crippen molar-refractivity contribution in [2.24, 2.45) is 11.7 Å². The number of nitrogens with two attached hydrogens (primary N) is 1. The van der Waals surface area contributed by atoms with Gasteiger partial charge in [0, 0.05) is 25.1 Å². The van der Waals surface area contributed by atoms with Crippen LogP contribution < -0.4 is 5.73 Å². The van der Waals surface area contributed by atoms with Gasteiger partial charge in [0.05, 0.1) is 12.5 Å².